The predicted octanol–water partition coefficient (Wildman–Crippen LogP) is 9.24. The fraction of sp³-hybridized carbons (Fsp3) is 0.938. The molecule has 220 valence electrons. The molecule has 0 heterocycles. The molecule has 0 amide bonds. The van der Waals surface area contributed by atoms with Crippen LogP contribution in [-0.2, 0) is 14.3 Å². The Balaban J connectivity index is 5.48. The first kappa shape index (κ1) is 35.9. The maximum atomic E-state index is 13.0. The van der Waals surface area contributed by atoms with E-state index in [-0.39, 0.29) is 11.8 Å². The number of carboxylic acids is 1. The maximum absolute atomic E-state index is 13.0. The first-order valence-electron chi connectivity index (χ1n) is 15.9. The Morgan fingerprint density at radius 3 is 1.43 bits per heavy atom. The third-order valence-electron chi connectivity index (χ3n) is 8.25. The number of rotatable bonds is 26. The number of hydrogen-bond acceptors (Lipinski definition) is 4. The van der Waals surface area contributed by atoms with Gasteiger partial charge in [0.1, 0.15) is 5.60 Å². The van der Waals surface area contributed by atoms with Crippen LogP contribution in [0.1, 0.15) is 169 Å². The second-order valence-corrected chi connectivity index (χ2v) is 11.6. The molecule has 3 unspecified atom stereocenters. The fourth-order valence-electron chi connectivity index (χ4n) is 5.69. The summed E-state index contributed by atoms with van der Waals surface area (Å²) in [4.78, 5) is 24.1. The van der Waals surface area contributed by atoms with E-state index in [1.54, 1.807) is 0 Å². The molecule has 3 atom stereocenters. The minimum Gasteiger partial charge on any atom is -0.481 e. The molecule has 37 heavy (non-hydrogen) atoms. The minimum absolute atomic E-state index is 0.167. The van der Waals surface area contributed by atoms with Gasteiger partial charge in [0, 0.05) is 0 Å². The SMILES string of the molecule is CCCCCCCCCCCC(OC(=O)C(O)CC(=O)O)(C(C)CCCCCC)C(C)CCCCCC. The van der Waals surface area contributed by atoms with Gasteiger partial charge in [-0.1, -0.05) is 137 Å². The normalized spacial score (nSPS) is 15.6. The van der Waals surface area contributed by atoms with Gasteiger partial charge in [0.2, 0.25) is 0 Å². The van der Waals surface area contributed by atoms with Crippen LogP contribution in [-0.4, -0.2) is 33.9 Å². The van der Waals surface area contributed by atoms with Gasteiger partial charge in [0.25, 0.3) is 0 Å². The van der Waals surface area contributed by atoms with E-state index in [0.717, 1.165) is 44.9 Å². The van der Waals surface area contributed by atoms with Crippen molar-refractivity contribution in [3.05, 3.63) is 0 Å². The van der Waals surface area contributed by atoms with Crippen molar-refractivity contribution in [3.63, 3.8) is 0 Å². The van der Waals surface area contributed by atoms with Crippen LogP contribution in [0.5, 0.6) is 0 Å². The van der Waals surface area contributed by atoms with Gasteiger partial charge in [-0.2, -0.15) is 0 Å². The molecule has 0 fully saturated rings. The van der Waals surface area contributed by atoms with Gasteiger partial charge in [-0.25, -0.2) is 4.79 Å². The van der Waals surface area contributed by atoms with Crippen LogP contribution < -0.4 is 0 Å². The molecule has 5 nitrogen and oxygen atoms in total. The number of hydrogen-bond donors (Lipinski definition) is 2. The van der Waals surface area contributed by atoms with E-state index in [4.69, 9.17) is 9.84 Å². The molecule has 0 saturated heterocycles. The number of carbonyl (C=O) groups excluding carboxylic acids is 1. The molecule has 0 aromatic heterocycles. The molecule has 0 saturated carbocycles. The van der Waals surface area contributed by atoms with Crippen LogP contribution in [0.3, 0.4) is 0 Å². The topological polar surface area (TPSA) is 83.8 Å². The lowest BCUT2D eigenvalue weighted by atomic mass is 9.71. The van der Waals surface area contributed by atoms with Crippen molar-refractivity contribution in [1.82, 2.24) is 0 Å². The Bertz CT molecular complexity index is 543. The molecule has 0 rings (SSSR count). The second-order valence-electron chi connectivity index (χ2n) is 11.6. The smallest absolute Gasteiger partial charge is 0.336 e. The van der Waals surface area contributed by atoms with Crippen LogP contribution >= 0.6 is 0 Å². The first-order valence-corrected chi connectivity index (χ1v) is 15.9. The van der Waals surface area contributed by atoms with Crippen molar-refractivity contribution in [2.24, 2.45) is 11.8 Å². The Hall–Kier alpha value is -1.10. The van der Waals surface area contributed by atoms with Crippen molar-refractivity contribution in [2.45, 2.75) is 181 Å². The molecule has 5 heteroatoms. The fourth-order valence-corrected chi connectivity index (χ4v) is 5.69. The van der Waals surface area contributed by atoms with Crippen molar-refractivity contribution < 1.29 is 24.5 Å². The third-order valence-corrected chi connectivity index (χ3v) is 8.25. The third kappa shape index (κ3) is 16.5. The van der Waals surface area contributed by atoms with Gasteiger partial charge in [-0.3, -0.25) is 4.79 Å². The van der Waals surface area contributed by atoms with E-state index >= 15 is 0 Å². The average Bonchev–Trinajstić information content (AvgIpc) is 2.86. The maximum Gasteiger partial charge on any atom is 0.336 e. The molecule has 0 radical (unpaired) electrons. The number of aliphatic hydroxyl groups is 1. The zero-order valence-corrected chi connectivity index (χ0v) is 25.2. The van der Waals surface area contributed by atoms with Crippen molar-refractivity contribution in [2.75, 3.05) is 0 Å². The molecule has 0 aliphatic rings. The summed E-state index contributed by atoms with van der Waals surface area (Å²) in [5.41, 5.74) is -0.657. The molecule has 0 aliphatic heterocycles. The molecule has 2 N–H and O–H groups in total. The number of esters is 1. The highest BCUT2D eigenvalue weighted by molar-refractivity contribution is 5.81. The summed E-state index contributed by atoms with van der Waals surface area (Å²) < 4.78 is 6.26. The van der Waals surface area contributed by atoms with Crippen LogP contribution in [0.4, 0.5) is 0 Å². The van der Waals surface area contributed by atoms with Gasteiger partial charge < -0.3 is 14.9 Å². The number of carboxylic acid groups (broad SMARTS) is 1. The second kappa shape index (κ2) is 22.8. The van der Waals surface area contributed by atoms with E-state index in [2.05, 4.69) is 34.6 Å². The van der Waals surface area contributed by atoms with E-state index in [1.807, 2.05) is 0 Å². The van der Waals surface area contributed by atoms with Gasteiger partial charge in [0.05, 0.1) is 6.42 Å². The molecule has 0 aromatic carbocycles. The van der Waals surface area contributed by atoms with Crippen molar-refractivity contribution in [1.29, 1.82) is 0 Å². The first-order chi connectivity index (χ1) is 17.7. The molecular weight excluding hydrogens is 464 g/mol. The number of ether oxygens (including phenoxy) is 1. The van der Waals surface area contributed by atoms with Crippen LogP contribution in [0.15, 0.2) is 0 Å². The van der Waals surface area contributed by atoms with E-state index in [1.165, 1.54) is 83.5 Å². The van der Waals surface area contributed by atoms with Gasteiger partial charge in [-0.05, 0) is 37.5 Å². The van der Waals surface area contributed by atoms with Crippen LogP contribution in [0, 0.1) is 11.8 Å². The Morgan fingerprint density at radius 1 is 0.649 bits per heavy atom. The van der Waals surface area contributed by atoms with Gasteiger partial charge in [0.15, 0.2) is 6.10 Å². The summed E-state index contributed by atoms with van der Waals surface area (Å²) in [7, 11) is 0. The molecule has 0 spiro atoms. The highest BCUT2D eigenvalue weighted by Gasteiger charge is 2.45. The Labute approximate surface area is 229 Å². The summed E-state index contributed by atoms with van der Waals surface area (Å²) >= 11 is 0. The lowest BCUT2D eigenvalue weighted by Crippen LogP contribution is -2.49. The Morgan fingerprint density at radius 2 is 1.03 bits per heavy atom. The standard InChI is InChI=1S/C32H62O5/c1-6-9-12-15-16-17-18-19-22-25-32(27(4)23-20-13-10-7-2,28(5)24-21-14-11-8-3)37-31(36)29(33)26-30(34)35/h27-29,33H,6-26H2,1-5H3,(H,34,35). The summed E-state index contributed by atoms with van der Waals surface area (Å²) in [6.07, 6.45) is 21.0. The van der Waals surface area contributed by atoms with Crippen molar-refractivity contribution >= 4 is 11.9 Å². The predicted molar refractivity (Wildman–Crippen MR) is 155 cm³/mol. The van der Waals surface area contributed by atoms with Crippen molar-refractivity contribution in [3.8, 4) is 0 Å². The zero-order chi connectivity index (χ0) is 27.9. The lowest BCUT2D eigenvalue weighted by Gasteiger charge is -2.44. The number of carbonyl (C=O) groups is 2. The summed E-state index contributed by atoms with van der Waals surface area (Å²) in [5.74, 6) is -1.62. The van der Waals surface area contributed by atoms with E-state index < -0.39 is 30.1 Å². The lowest BCUT2D eigenvalue weighted by molar-refractivity contribution is -0.188. The number of unbranched alkanes of at least 4 members (excludes halogenated alkanes) is 14. The van der Waals surface area contributed by atoms with E-state index in [9.17, 15) is 14.7 Å². The monoisotopic (exact) mass is 526 g/mol. The minimum atomic E-state index is -1.61. The molecule has 0 bridgehead atoms. The van der Waals surface area contributed by atoms with Gasteiger partial charge >= 0.3 is 11.9 Å². The largest absolute Gasteiger partial charge is 0.481 e. The molecule has 0 aliphatic carbocycles. The number of aliphatic carboxylic acids is 1. The average molecular weight is 527 g/mol. The summed E-state index contributed by atoms with van der Waals surface area (Å²) in [6, 6.07) is 0. The quantitative estimate of drug-likeness (QED) is 0.0866. The van der Waals surface area contributed by atoms with Crippen LogP contribution in [0.2, 0.25) is 0 Å². The summed E-state index contributed by atoms with van der Waals surface area (Å²) in [6.45, 7) is 11.1. The van der Waals surface area contributed by atoms with Gasteiger partial charge in [-0.15, -0.1) is 0 Å². The van der Waals surface area contributed by atoms with Crippen LogP contribution in [0.25, 0.3) is 0 Å². The molecule has 0 aromatic rings. The zero-order valence-electron chi connectivity index (χ0n) is 25.2. The highest BCUT2D eigenvalue weighted by Crippen LogP contribution is 2.41. The summed E-state index contributed by atoms with van der Waals surface area (Å²) in [5, 5.41) is 19.4. The number of aliphatic hydroxyl groups excluding tert-OH is 1. The Kier molecular flexibility index (Phi) is 22.2. The molecular formula is C32H62O5. The van der Waals surface area contributed by atoms with E-state index in [0.29, 0.717) is 0 Å². The highest BCUT2D eigenvalue weighted by atomic mass is 16.6.